The zero-order chi connectivity index (χ0) is 10.4. The minimum Gasteiger partial charge on any atom is -0.468 e. The average molecular weight is 213 g/mol. The molecule has 2 atom stereocenters. The van der Waals surface area contributed by atoms with Gasteiger partial charge in [0, 0.05) is 5.25 Å². The number of nitrogens with one attached hydrogen (secondary N) is 1. The van der Waals surface area contributed by atoms with E-state index >= 15 is 0 Å². The van der Waals surface area contributed by atoms with Crippen molar-refractivity contribution < 1.29 is 4.42 Å². The molecule has 0 aliphatic rings. The largest absolute Gasteiger partial charge is 0.468 e. The summed E-state index contributed by atoms with van der Waals surface area (Å²) in [6.45, 7) is 5.43. The third-order valence-electron chi connectivity index (χ3n) is 2.37. The van der Waals surface area contributed by atoms with Crippen molar-refractivity contribution in [3.8, 4) is 0 Å². The first-order chi connectivity index (χ1) is 6.74. The third kappa shape index (κ3) is 3.76. The van der Waals surface area contributed by atoms with Crippen LogP contribution in [0.1, 0.15) is 32.1 Å². The van der Waals surface area contributed by atoms with E-state index in [9.17, 15) is 0 Å². The van der Waals surface area contributed by atoms with Gasteiger partial charge in [-0.3, -0.25) is 0 Å². The van der Waals surface area contributed by atoms with Gasteiger partial charge in [-0.1, -0.05) is 6.92 Å². The first-order valence-corrected chi connectivity index (χ1v) is 6.32. The van der Waals surface area contributed by atoms with Gasteiger partial charge in [-0.05, 0) is 38.3 Å². The molecule has 1 aromatic heterocycles. The molecule has 1 heterocycles. The zero-order valence-corrected chi connectivity index (χ0v) is 9.93. The van der Waals surface area contributed by atoms with Gasteiger partial charge < -0.3 is 9.73 Å². The molecule has 0 spiro atoms. The van der Waals surface area contributed by atoms with Gasteiger partial charge in [0.1, 0.15) is 5.76 Å². The monoisotopic (exact) mass is 213 g/mol. The van der Waals surface area contributed by atoms with Crippen LogP contribution in [-0.2, 0) is 0 Å². The predicted molar refractivity (Wildman–Crippen MR) is 62.7 cm³/mol. The molecule has 3 heteroatoms. The quantitative estimate of drug-likeness (QED) is 0.786. The normalized spacial score (nSPS) is 15.4. The third-order valence-corrected chi connectivity index (χ3v) is 3.41. The van der Waals surface area contributed by atoms with Crippen molar-refractivity contribution in [2.75, 3.05) is 12.8 Å². The highest BCUT2D eigenvalue weighted by atomic mass is 32.2. The fourth-order valence-electron chi connectivity index (χ4n) is 1.26. The Kier molecular flexibility index (Phi) is 5.12. The first kappa shape index (κ1) is 11.7. The number of thioether (sulfide) groups is 1. The predicted octanol–water partition coefficient (Wildman–Crippen LogP) is 3.07. The maximum atomic E-state index is 5.31. The Bertz CT molecular complexity index is 235. The topological polar surface area (TPSA) is 25.2 Å². The van der Waals surface area contributed by atoms with Gasteiger partial charge in [-0.25, -0.2) is 0 Å². The fraction of sp³-hybridized carbons (Fsp3) is 0.636. The zero-order valence-electron chi connectivity index (χ0n) is 9.12. The molecule has 0 aliphatic carbocycles. The molecule has 0 fully saturated rings. The van der Waals surface area contributed by atoms with E-state index in [0.717, 1.165) is 17.6 Å². The van der Waals surface area contributed by atoms with Crippen molar-refractivity contribution in [2.45, 2.75) is 31.6 Å². The van der Waals surface area contributed by atoms with Crippen molar-refractivity contribution in [2.24, 2.45) is 0 Å². The van der Waals surface area contributed by atoms with E-state index in [1.165, 1.54) is 6.42 Å². The summed E-state index contributed by atoms with van der Waals surface area (Å²) in [5.74, 6) is 1.02. The standard InChI is InChI=1S/C11H19NOS/c1-9(14-3)6-7-12-10(2)11-5-4-8-13-11/h4-5,8-10,12H,6-7H2,1-3H3. The molecule has 0 radical (unpaired) electrons. The van der Waals surface area contributed by atoms with Crippen molar-refractivity contribution in [3.05, 3.63) is 24.2 Å². The van der Waals surface area contributed by atoms with Crippen molar-refractivity contribution in [1.82, 2.24) is 5.32 Å². The maximum Gasteiger partial charge on any atom is 0.120 e. The summed E-state index contributed by atoms with van der Waals surface area (Å²) < 4.78 is 5.31. The smallest absolute Gasteiger partial charge is 0.120 e. The van der Waals surface area contributed by atoms with Crippen LogP contribution in [-0.4, -0.2) is 18.1 Å². The minimum absolute atomic E-state index is 0.319. The lowest BCUT2D eigenvalue weighted by molar-refractivity contribution is 0.429. The van der Waals surface area contributed by atoms with Crippen molar-refractivity contribution in [3.63, 3.8) is 0 Å². The molecule has 0 amide bonds. The van der Waals surface area contributed by atoms with E-state index in [4.69, 9.17) is 4.42 Å². The van der Waals surface area contributed by atoms with E-state index in [2.05, 4.69) is 25.4 Å². The van der Waals surface area contributed by atoms with Crippen LogP contribution in [0.5, 0.6) is 0 Å². The Morgan fingerprint density at radius 1 is 1.50 bits per heavy atom. The summed E-state index contributed by atoms with van der Waals surface area (Å²) >= 11 is 1.91. The van der Waals surface area contributed by atoms with Crippen LogP contribution in [0.25, 0.3) is 0 Å². The molecule has 0 aromatic carbocycles. The molecule has 0 saturated heterocycles. The van der Waals surface area contributed by atoms with Gasteiger partial charge in [-0.15, -0.1) is 0 Å². The Morgan fingerprint density at radius 3 is 2.86 bits per heavy atom. The first-order valence-electron chi connectivity index (χ1n) is 5.03. The summed E-state index contributed by atoms with van der Waals surface area (Å²) in [6.07, 6.45) is 5.07. The Hall–Kier alpha value is -0.410. The lowest BCUT2D eigenvalue weighted by Crippen LogP contribution is -2.21. The van der Waals surface area contributed by atoms with Crippen molar-refractivity contribution in [1.29, 1.82) is 0 Å². The lowest BCUT2D eigenvalue weighted by Gasteiger charge is -2.13. The SMILES string of the molecule is CSC(C)CCNC(C)c1ccco1. The van der Waals surface area contributed by atoms with Crippen LogP contribution >= 0.6 is 11.8 Å². The highest BCUT2D eigenvalue weighted by Crippen LogP contribution is 2.13. The van der Waals surface area contributed by atoms with E-state index < -0.39 is 0 Å². The Morgan fingerprint density at radius 2 is 2.29 bits per heavy atom. The van der Waals surface area contributed by atoms with E-state index in [1.54, 1.807) is 6.26 Å². The molecule has 1 N–H and O–H groups in total. The van der Waals surface area contributed by atoms with Gasteiger partial charge in [0.15, 0.2) is 0 Å². The molecule has 0 bridgehead atoms. The molecule has 0 aliphatic heterocycles. The van der Waals surface area contributed by atoms with Crippen LogP contribution in [0.3, 0.4) is 0 Å². The molecule has 1 rings (SSSR count). The van der Waals surface area contributed by atoms with Gasteiger partial charge in [0.05, 0.1) is 12.3 Å². The van der Waals surface area contributed by atoms with Gasteiger partial charge in [0.2, 0.25) is 0 Å². The van der Waals surface area contributed by atoms with Crippen LogP contribution in [0.4, 0.5) is 0 Å². The summed E-state index contributed by atoms with van der Waals surface area (Å²) in [5.41, 5.74) is 0. The molecule has 14 heavy (non-hydrogen) atoms. The Labute approximate surface area is 90.5 Å². The van der Waals surface area contributed by atoms with E-state index in [-0.39, 0.29) is 0 Å². The van der Waals surface area contributed by atoms with Gasteiger partial charge in [-0.2, -0.15) is 11.8 Å². The van der Waals surface area contributed by atoms with Crippen LogP contribution in [0, 0.1) is 0 Å². The van der Waals surface area contributed by atoms with Crippen LogP contribution in [0.15, 0.2) is 22.8 Å². The molecule has 0 saturated carbocycles. The number of furan rings is 1. The molecular weight excluding hydrogens is 194 g/mol. The summed E-state index contributed by atoms with van der Waals surface area (Å²) in [4.78, 5) is 0. The maximum absolute atomic E-state index is 5.31. The summed E-state index contributed by atoms with van der Waals surface area (Å²) in [7, 11) is 0. The van der Waals surface area contributed by atoms with E-state index in [1.807, 2.05) is 23.9 Å². The number of hydrogen-bond acceptors (Lipinski definition) is 3. The van der Waals surface area contributed by atoms with Gasteiger partial charge >= 0.3 is 0 Å². The molecule has 2 unspecified atom stereocenters. The highest BCUT2D eigenvalue weighted by Gasteiger charge is 2.07. The molecular formula is C11H19NOS. The van der Waals surface area contributed by atoms with Crippen molar-refractivity contribution >= 4 is 11.8 Å². The van der Waals surface area contributed by atoms with Crippen LogP contribution < -0.4 is 5.32 Å². The fourth-order valence-corrected chi connectivity index (χ4v) is 1.61. The second-order valence-corrected chi connectivity index (χ2v) is 4.80. The van der Waals surface area contributed by atoms with Gasteiger partial charge in [0.25, 0.3) is 0 Å². The highest BCUT2D eigenvalue weighted by molar-refractivity contribution is 7.99. The number of rotatable bonds is 6. The van der Waals surface area contributed by atoms with Crippen LogP contribution in [0.2, 0.25) is 0 Å². The molecule has 80 valence electrons. The second kappa shape index (κ2) is 6.14. The lowest BCUT2D eigenvalue weighted by atomic mass is 10.2. The number of hydrogen-bond donors (Lipinski definition) is 1. The average Bonchev–Trinajstić information content (AvgIpc) is 2.70. The molecule has 2 nitrogen and oxygen atoms in total. The summed E-state index contributed by atoms with van der Waals surface area (Å²) in [5, 5.41) is 4.17. The molecule has 1 aromatic rings. The minimum atomic E-state index is 0.319. The summed E-state index contributed by atoms with van der Waals surface area (Å²) in [6, 6.07) is 4.26. The van der Waals surface area contributed by atoms with E-state index in [0.29, 0.717) is 6.04 Å². The Balaban J connectivity index is 2.19. The second-order valence-electron chi connectivity index (χ2n) is 3.53.